The van der Waals surface area contributed by atoms with E-state index in [2.05, 4.69) is 24.2 Å². The van der Waals surface area contributed by atoms with Gasteiger partial charge in [0.05, 0.1) is 12.3 Å². The van der Waals surface area contributed by atoms with Gasteiger partial charge in [-0.05, 0) is 25.0 Å². The zero-order valence-corrected chi connectivity index (χ0v) is 11.8. The molecule has 1 heterocycles. The van der Waals surface area contributed by atoms with Crippen LogP contribution in [-0.4, -0.2) is 17.5 Å². The highest BCUT2D eigenvalue weighted by Crippen LogP contribution is 2.37. The summed E-state index contributed by atoms with van der Waals surface area (Å²) in [6, 6.07) is 19.9. The van der Waals surface area contributed by atoms with Crippen LogP contribution in [0, 0.1) is 0 Å². The number of hydrogen-bond donors (Lipinski definition) is 1. The van der Waals surface area contributed by atoms with Crippen LogP contribution in [-0.2, 0) is 10.3 Å². The Labute approximate surface area is 119 Å². The summed E-state index contributed by atoms with van der Waals surface area (Å²) in [6.45, 7) is 4.74. The number of benzene rings is 2. The third-order valence-electron chi connectivity index (χ3n) is 3.30. The van der Waals surface area contributed by atoms with Crippen molar-refractivity contribution in [1.82, 2.24) is 0 Å². The molecule has 0 aliphatic carbocycles. The molecule has 104 valence electrons. The van der Waals surface area contributed by atoms with Crippen molar-refractivity contribution in [3.8, 4) is 0 Å². The topological polar surface area (TPSA) is 45.1 Å². The van der Waals surface area contributed by atoms with E-state index in [0.717, 1.165) is 12.2 Å². The Bertz CT molecular complexity index is 560. The molecule has 1 fully saturated rings. The summed E-state index contributed by atoms with van der Waals surface area (Å²) < 4.78 is 5.28. The van der Waals surface area contributed by atoms with E-state index in [-0.39, 0.29) is 5.60 Å². The lowest BCUT2D eigenvalue weighted by Crippen LogP contribution is -2.00. The van der Waals surface area contributed by atoms with Gasteiger partial charge in [-0.2, -0.15) is 0 Å². The van der Waals surface area contributed by atoms with Gasteiger partial charge in [0, 0.05) is 0 Å². The van der Waals surface area contributed by atoms with Gasteiger partial charge >= 0.3 is 0 Å². The minimum Gasteiger partial charge on any atom is -0.411 e. The van der Waals surface area contributed by atoms with Crippen LogP contribution >= 0.6 is 0 Å². The summed E-state index contributed by atoms with van der Waals surface area (Å²) in [6.07, 6.45) is 0. The highest BCUT2D eigenvalue weighted by atomic mass is 16.6. The largest absolute Gasteiger partial charge is 0.411 e. The molecule has 1 aliphatic rings. The zero-order chi connectivity index (χ0) is 14.4. The van der Waals surface area contributed by atoms with Gasteiger partial charge in [0.25, 0.3) is 0 Å². The van der Waals surface area contributed by atoms with Crippen molar-refractivity contribution in [2.24, 2.45) is 5.16 Å². The molecule has 0 radical (unpaired) electrons. The highest BCUT2D eigenvalue weighted by Gasteiger charge is 2.40. The average molecular weight is 269 g/mol. The van der Waals surface area contributed by atoms with Crippen LogP contribution in [0.2, 0.25) is 0 Å². The van der Waals surface area contributed by atoms with Crippen molar-refractivity contribution < 1.29 is 9.94 Å². The van der Waals surface area contributed by atoms with E-state index < -0.39 is 0 Å². The molecule has 2 aromatic rings. The van der Waals surface area contributed by atoms with Crippen molar-refractivity contribution in [2.45, 2.75) is 19.4 Å². The molecule has 2 aromatic carbocycles. The molecule has 0 aromatic heterocycles. The summed E-state index contributed by atoms with van der Waals surface area (Å²) in [5.74, 6) is 0. The summed E-state index contributed by atoms with van der Waals surface area (Å²) in [7, 11) is 0. The molecule has 3 rings (SSSR count). The number of nitrogens with zero attached hydrogens (tertiary/aromatic N) is 1. The average Bonchev–Trinajstić information content (AvgIpc) is 3.28. The first-order chi connectivity index (χ1) is 9.65. The Kier molecular flexibility index (Phi) is 4.53. The van der Waals surface area contributed by atoms with E-state index in [9.17, 15) is 0 Å². The fourth-order valence-corrected chi connectivity index (χ4v) is 1.80. The Hall–Kier alpha value is -2.13. The fourth-order valence-electron chi connectivity index (χ4n) is 1.80. The van der Waals surface area contributed by atoms with E-state index in [1.807, 2.05) is 48.5 Å². The van der Waals surface area contributed by atoms with Crippen molar-refractivity contribution in [3.05, 3.63) is 71.8 Å². The summed E-state index contributed by atoms with van der Waals surface area (Å²) >= 11 is 0. The van der Waals surface area contributed by atoms with Crippen LogP contribution in [0.1, 0.15) is 25.0 Å². The van der Waals surface area contributed by atoms with Crippen LogP contribution < -0.4 is 0 Å². The number of ether oxygens (including phenoxy) is 1. The van der Waals surface area contributed by atoms with Crippen molar-refractivity contribution in [3.63, 3.8) is 0 Å². The standard InChI is InChI=1S/C9H10O.C8H9NO/c1-9(7-10-9)8-5-3-2-4-6-8;1-7(9-10)8-5-3-2-4-6-8/h2-6H,7H2,1H3;2-6,10H,1H3. The Morgan fingerprint density at radius 1 is 1.05 bits per heavy atom. The Morgan fingerprint density at radius 3 is 2.00 bits per heavy atom. The second kappa shape index (κ2) is 6.35. The lowest BCUT2D eigenvalue weighted by Gasteiger charge is -2.02. The zero-order valence-electron chi connectivity index (χ0n) is 11.8. The van der Waals surface area contributed by atoms with Gasteiger partial charge in [0.2, 0.25) is 0 Å². The molecule has 0 saturated carbocycles. The predicted octanol–water partition coefficient (Wildman–Crippen LogP) is 3.82. The Balaban J connectivity index is 0.000000147. The highest BCUT2D eigenvalue weighted by molar-refractivity contribution is 5.98. The van der Waals surface area contributed by atoms with Gasteiger partial charge in [0.15, 0.2) is 0 Å². The first-order valence-electron chi connectivity index (χ1n) is 6.59. The van der Waals surface area contributed by atoms with Gasteiger partial charge in [-0.15, -0.1) is 0 Å². The summed E-state index contributed by atoms with van der Waals surface area (Å²) in [5, 5.41) is 11.5. The second-order valence-corrected chi connectivity index (χ2v) is 4.94. The van der Waals surface area contributed by atoms with Gasteiger partial charge in [0.1, 0.15) is 5.60 Å². The molecule has 1 unspecified atom stereocenters. The normalized spacial score (nSPS) is 20.8. The smallest absolute Gasteiger partial charge is 0.114 e. The van der Waals surface area contributed by atoms with Crippen LogP contribution in [0.3, 0.4) is 0 Å². The van der Waals surface area contributed by atoms with Crippen molar-refractivity contribution in [1.29, 1.82) is 0 Å². The van der Waals surface area contributed by atoms with E-state index in [4.69, 9.17) is 9.94 Å². The van der Waals surface area contributed by atoms with Gasteiger partial charge in [-0.3, -0.25) is 0 Å². The van der Waals surface area contributed by atoms with Gasteiger partial charge in [-0.25, -0.2) is 0 Å². The Morgan fingerprint density at radius 2 is 1.55 bits per heavy atom. The molecular formula is C17H19NO2. The predicted molar refractivity (Wildman–Crippen MR) is 80.2 cm³/mol. The van der Waals surface area contributed by atoms with Gasteiger partial charge < -0.3 is 9.94 Å². The monoisotopic (exact) mass is 269 g/mol. The van der Waals surface area contributed by atoms with E-state index in [1.54, 1.807) is 6.92 Å². The third-order valence-corrected chi connectivity index (χ3v) is 3.30. The van der Waals surface area contributed by atoms with Crippen LogP contribution in [0.4, 0.5) is 0 Å². The van der Waals surface area contributed by atoms with Crippen molar-refractivity contribution in [2.75, 3.05) is 6.61 Å². The van der Waals surface area contributed by atoms with Gasteiger partial charge in [-0.1, -0.05) is 65.8 Å². The van der Waals surface area contributed by atoms with E-state index >= 15 is 0 Å². The summed E-state index contributed by atoms with van der Waals surface area (Å²) in [5.41, 5.74) is 2.92. The molecule has 1 atom stereocenters. The SMILES string of the molecule is CC(=NO)c1ccccc1.CC1(c2ccccc2)CO1. The minimum atomic E-state index is 0.0429. The molecule has 3 nitrogen and oxygen atoms in total. The third kappa shape index (κ3) is 3.68. The molecule has 1 aliphatic heterocycles. The van der Waals surface area contributed by atoms with Crippen LogP contribution in [0.15, 0.2) is 65.8 Å². The van der Waals surface area contributed by atoms with Crippen molar-refractivity contribution >= 4 is 5.71 Å². The fraction of sp³-hybridized carbons (Fsp3) is 0.235. The number of rotatable bonds is 2. The quantitative estimate of drug-likeness (QED) is 0.390. The first kappa shape index (κ1) is 14.3. The molecule has 0 spiro atoms. The number of oxime groups is 1. The summed E-state index contributed by atoms with van der Waals surface area (Å²) in [4.78, 5) is 0. The first-order valence-corrected chi connectivity index (χ1v) is 6.59. The van der Waals surface area contributed by atoms with E-state index in [1.165, 1.54) is 5.56 Å². The molecule has 0 bridgehead atoms. The number of hydrogen-bond acceptors (Lipinski definition) is 3. The second-order valence-electron chi connectivity index (χ2n) is 4.94. The maximum absolute atomic E-state index is 8.38. The van der Waals surface area contributed by atoms with E-state index in [0.29, 0.717) is 5.71 Å². The molecule has 1 saturated heterocycles. The molecule has 20 heavy (non-hydrogen) atoms. The number of epoxide rings is 1. The molecule has 0 amide bonds. The lowest BCUT2D eigenvalue weighted by molar-refractivity contribution is 0.319. The maximum Gasteiger partial charge on any atom is 0.114 e. The minimum absolute atomic E-state index is 0.0429. The van der Waals surface area contributed by atoms with Crippen LogP contribution in [0.5, 0.6) is 0 Å². The maximum atomic E-state index is 8.38. The van der Waals surface area contributed by atoms with Crippen LogP contribution in [0.25, 0.3) is 0 Å². The molecule has 3 heteroatoms. The molecular weight excluding hydrogens is 250 g/mol. The lowest BCUT2D eigenvalue weighted by atomic mass is 10.0. The molecule has 1 N–H and O–H groups in total.